The lowest BCUT2D eigenvalue weighted by atomic mass is 9.74. The van der Waals surface area contributed by atoms with Crippen molar-refractivity contribution < 1.29 is 31.9 Å². The molecule has 0 spiro atoms. The van der Waals surface area contributed by atoms with Crippen LogP contribution in [0.5, 0.6) is 0 Å². The smallest absolute Gasteiger partial charge is 0.320 e. The summed E-state index contributed by atoms with van der Waals surface area (Å²) in [5.41, 5.74) is 0.917. The van der Waals surface area contributed by atoms with Crippen LogP contribution in [0.15, 0.2) is 34.7 Å². The van der Waals surface area contributed by atoms with Gasteiger partial charge in [0, 0.05) is 12.1 Å². The Morgan fingerprint density at radius 2 is 1.76 bits per heavy atom. The highest BCUT2D eigenvalue weighted by Gasteiger charge is 2.30. The van der Waals surface area contributed by atoms with Gasteiger partial charge < -0.3 is 19.8 Å². The van der Waals surface area contributed by atoms with E-state index < -0.39 is 41.0 Å². The van der Waals surface area contributed by atoms with E-state index in [1.54, 1.807) is 19.1 Å². The lowest BCUT2D eigenvalue weighted by molar-refractivity contribution is -0.149. The van der Waals surface area contributed by atoms with Gasteiger partial charge in [-0.1, -0.05) is 29.7 Å². The number of hydrogen-bond donors (Lipinski definition) is 2. The van der Waals surface area contributed by atoms with Crippen LogP contribution in [0.4, 0.5) is 30.6 Å². The van der Waals surface area contributed by atoms with Gasteiger partial charge >= 0.3 is 23.8 Å². The predicted octanol–water partition coefficient (Wildman–Crippen LogP) is 6.61. The van der Waals surface area contributed by atoms with Crippen molar-refractivity contribution in [2.24, 2.45) is 11.8 Å². The lowest BCUT2D eigenvalue weighted by Gasteiger charge is -2.31. The number of carbonyl (C=O) groups excluding carboxylic acids is 2. The van der Waals surface area contributed by atoms with Crippen LogP contribution in [0.1, 0.15) is 61.7 Å². The highest BCUT2D eigenvalue weighted by atomic mass is 35.5. The minimum absolute atomic E-state index is 0.131. The standard InChI is InChI=1S/C26H26ClF3N4O4/c1-3-37-25(36)13(2)14-4-6-15(7-5-14)16-8-9-21(17(27)10-16)31-23(35)24-33-34-26(38-24)32-22-12-19(29)18(28)11-20(22)30/h8-15H,3-7H2,1-2H3,(H,31,35)(H,32,34). The van der Waals surface area contributed by atoms with Crippen LogP contribution in [0.2, 0.25) is 5.02 Å². The number of aromatic nitrogens is 2. The molecule has 8 nitrogen and oxygen atoms in total. The van der Waals surface area contributed by atoms with Crippen LogP contribution in [-0.4, -0.2) is 28.7 Å². The Morgan fingerprint density at radius 1 is 1.05 bits per heavy atom. The van der Waals surface area contributed by atoms with Crippen molar-refractivity contribution in [2.45, 2.75) is 45.4 Å². The Morgan fingerprint density at radius 3 is 2.45 bits per heavy atom. The quantitative estimate of drug-likeness (QED) is 0.240. The Kier molecular flexibility index (Phi) is 8.55. The van der Waals surface area contributed by atoms with Crippen molar-refractivity contribution in [2.75, 3.05) is 17.2 Å². The van der Waals surface area contributed by atoms with Crippen molar-refractivity contribution in [3.63, 3.8) is 0 Å². The zero-order valence-electron chi connectivity index (χ0n) is 20.7. The summed E-state index contributed by atoms with van der Waals surface area (Å²) >= 11 is 6.43. The van der Waals surface area contributed by atoms with Gasteiger partial charge in [-0.3, -0.25) is 9.59 Å². The van der Waals surface area contributed by atoms with E-state index in [0.29, 0.717) is 29.4 Å². The molecule has 38 heavy (non-hydrogen) atoms. The average Bonchev–Trinajstić information content (AvgIpc) is 3.37. The normalized spacial score (nSPS) is 18.1. The first-order chi connectivity index (χ1) is 18.2. The van der Waals surface area contributed by atoms with Crippen molar-refractivity contribution >= 4 is 40.9 Å². The zero-order chi connectivity index (χ0) is 27.4. The largest absolute Gasteiger partial charge is 0.466 e. The number of nitrogens with zero attached hydrogens (tertiary/aromatic N) is 2. The highest BCUT2D eigenvalue weighted by Crippen LogP contribution is 2.40. The Labute approximate surface area is 221 Å². The Hall–Kier alpha value is -3.60. The maximum Gasteiger partial charge on any atom is 0.320 e. The van der Waals surface area contributed by atoms with Crippen molar-refractivity contribution in [3.05, 3.63) is 64.3 Å². The third kappa shape index (κ3) is 6.27. The van der Waals surface area contributed by atoms with E-state index >= 15 is 0 Å². The van der Waals surface area contributed by atoms with Gasteiger partial charge in [-0.05, 0) is 62.1 Å². The van der Waals surface area contributed by atoms with Crippen LogP contribution >= 0.6 is 11.6 Å². The molecule has 1 heterocycles. The summed E-state index contributed by atoms with van der Waals surface area (Å²) < 4.78 is 50.6. The van der Waals surface area contributed by atoms with E-state index in [2.05, 4.69) is 20.8 Å². The molecule has 1 aromatic heterocycles. The SMILES string of the molecule is CCOC(=O)C(C)C1CCC(c2ccc(NC(=O)c3nnc(Nc4cc(F)c(F)cc4F)o3)c(Cl)c2)CC1. The van der Waals surface area contributed by atoms with E-state index in [1.165, 1.54) is 0 Å². The summed E-state index contributed by atoms with van der Waals surface area (Å²) in [5.74, 6) is -4.64. The number of carbonyl (C=O) groups is 2. The lowest BCUT2D eigenvalue weighted by Crippen LogP contribution is -2.26. The molecule has 0 bridgehead atoms. The van der Waals surface area contributed by atoms with E-state index in [1.807, 2.05) is 13.0 Å². The number of nitrogens with one attached hydrogen (secondary N) is 2. The second kappa shape index (κ2) is 11.8. The molecule has 3 aromatic rings. The summed E-state index contributed by atoms with van der Waals surface area (Å²) in [6.45, 7) is 4.10. The second-order valence-corrected chi connectivity index (χ2v) is 9.54. The average molecular weight is 551 g/mol. The van der Waals surface area contributed by atoms with Crippen LogP contribution < -0.4 is 10.6 Å². The number of amides is 1. The van der Waals surface area contributed by atoms with Gasteiger partial charge in [-0.2, -0.15) is 0 Å². The Bertz CT molecular complexity index is 1330. The van der Waals surface area contributed by atoms with Crippen LogP contribution in [0, 0.1) is 29.3 Å². The fourth-order valence-corrected chi connectivity index (χ4v) is 4.82. The number of anilines is 3. The molecule has 0 aliphatic heterocycles. The molecule has 1 amide bonds. The van der Waals surface area contributed by atoms with Crippen LogP contribution in [-0.2, 0) is 9.53 Å². The first kappa shape index (κ1) is 27.4. The molecular weight excluding hydrogens is 525 g/mol. The zero-order valence-corrected chi connectivity index (χ0v) is 21.4. The number of ether oxygens (including phenoxy) is 1. The molecule has 2 aromatic carbocycles. The van der Waals surface area contributed by atoms with Crippen molar-refractivity contribution in [1.29, 1.82) is 0 Å². The van der Waals surface area contributed by atoms with Crippen LogP contribution in [0.25, 0.3) is 0 Å². The fraction of sp³-hybridized carbons (Fsp3) is 0.385. The second-order valence-electron chi connectivity index (χ2n) is 9.13. The highest BCUT2D eigenvalue weighted by molar-refractivity contribution is 6.34. The first-order valence-corrected chi connectivity index (χ1v) is 12.6. The number of hydrogen-bond acceptors (Lipinski definition) is 7. The van der Waals surface area contributed by atoms with Crippen molar-refractivity contribution in [1.82, 2.24) is 10.2 Å². The molecular formula is C26H26ClF3N4O4. The molecule has 1 fully saturated rings. The summed E-state index contributed by atoms with van der Waals surface area (Å²) in [7, 11) is 0. The Balaban J connectivity index is 1.35. The number of halogens is 4. The molecule has 0 saturated heterocycles. The molecule has 1 saturated carbocycles. The monoisotopic (exact) mass is 550 g/mol. The molecule has 1 atom stereocenters. The minimum atomic E-state index is -1.35. The van der Waals surface area contributed by atoms with Gasteiger partial charge in [0.15, 0.2) is 11.6 Å². The van der Waals surface area contributed by atoms with Gasteiger partial charge in [-0.15, -0.1) is 5.10 Å². The molecule has 1 aliphatic carbocycles. The third-order valence-corrected chi connectivity index (χ3v) is 7.03. The van der Waals surface area contributed by atoms with Gasteiger partial charge in [0.1, 0.15) is 5.82 Å². The van der Waals surface area contributed by atoms with Gasteiger partial charge in [0.25, 0.3) is 0 Å². The summed E-state index contributed by atoms with van der Waals surface area (Å²) in [6, 6.07) is 5.91. The molecule has 1 aliphatic rings. The molecule has 202 valence electrons. The molecule has 12 heteroatoms. The number of esters is 1. The van der Waals surface area contributed by atoms with Gasteiger partial charge in [0.05, 0.1) is 28.9 Å². The van der Waals surface area contributed by atoms with Gasteiger partial charge in [0.2, 0.25) is 0 Å². The number of rotatable bonds is 8. The van der Waals surface area contributed by atoms with E-state index in [9.17, 15) is 22.8 Å². The molecule has 2 N–H and O–H groups in total. The maximum absolute atomic E-state index is 13.8. The van der Waals surface area contributed by atoms with E-state index in [0.717, 1.165) is 31.2 Å². The number of benzene rings is 2. The first-order valence-electron chi connectivity index (χ1n) is 12.2. The topological polar surface area (TPSA) is 106 Å². The maximum atomic E-state index is 13.8. The molecule has 0 radical (unpaired) electrons. The predicted molar refractivity (Wildman–Crippen MR) is 134 cm³/mol. The van der Waals surface area contributed by atoms with E-state index in [4.69, 9.17) is 20.8 Å². The van der Waals surface area contributed by atoms with Crippen molar-refractivity contribution in [3.8, 4) is 0 Å². The molecule has 4 rings (SSSR count). The third-order valence-electron chi connectivity index (χ3n) is 6.72. The van der Waals surface area contributed by atoms with Gasteiger partial charge in [-0.25, -0.2) is 13.2 Å². The molecule has 1 unspecified atom stereocenters. The summed E-state index contributed by atoms with van der Waals surface area (Å²) in [4.78, 5) is 24.6. The van der Waals surface area contributed by atoms with Crippen LogP contribution in [0.3, 0.4) is 0 Å². The summed E-state index contributed by atoms with van der Waals surface area (Å²) in [5, 5.41) is 12.4. The minimum Gasteiger partial charge on any atom is -0.466 e. The summed E-state index contributed by atoms with van der Waals surface area (Å²) in [6.07, 6.45) is 3.63. The fourth-order valence-electron chi connectivity index (χ4n) is 4.58. The van der Waals surface area contributed by atoms with E-state index in [-0.39, 0.29) is 23.7 Å².